The maximum Gasteiger partial charge on any atom is 0.295 e. The summed E-state index contributed by atoms with van der Waals surface area (Å²) in [6, 6.07) is 8.92. The molecule has 184 valence electrons. The number of ketones is 1. The minimum Gasteiger partial charge on any atom is -0.507 e. The fourth-order valence-electron chi connectivity index (χ4n) is 4.58. The number of morpholine rings is 1. The smallest absolute Gasteiger partial charge is 0.295 e. The van der Waals surface area contributed by atoms with Crippen LogP contribution in [0.4, 0.5) is 0 Å². The van der Waals surface area contributed by atoms with Gasteiger partial charge in [-0.1, -0.05) is 29.3 Å². The molecule has 5 rings (SSSR count). The molecule has 0 aliphatic carbocycles. The molecule has 3 aliphatic heterocycles. The van der Waals surface area contributed by atoms with Crippen molar-refractivity contribution in [3.63, 3.8) is 0 Å². The van der Waals surface area contributed by atoms with Crippen LogP contribution in [0, 0.1) is 0 Å². The lowest BCUT2D eigenvalue weighted by Gasteiger charge is -2.31. The van der Waals surface area contributed by atoms with Crippen molar-refractivity contribution in [2.75, 3.05) is 52.6 Å². The number of benzene rings is 2. The summed E-state index contributed by atoms with van der Waals surface area (Å²) in [5.74, 6) is -0.743. The Morgan fingerprint density at radius 3 is 2.43 bits per heavy atom. The van der Waals surface area contributed by atoms with Gasteiger partial charge in [0.25, 0.3) is 11.7 Å². The van der Waals surface area contributed by atoms with E-state index in [9.17, 15) is 14.7 Å². The van der Waals surface area contributed by atoms with Gasteiger partial charge in [-0.25, -0.2) is 0 Å². The summed E-state index contributed by atoms with van der Waals surface area (Å²) in [6.45, 7) is 4.38. The molecule has 1 amide bonds. The van der Waals surface area contributed by atoms with Crippen molar-refractivity contribution in [3.05, 3.63) is 63.1 Å². The predicted octanol–water partition coefficient (Wildman–Crippen LogP) is 3.52. The summed E-state index contributed by atoms with van der Waals surface area (Å²) in [6.07, 6.45) is 0. The van der Waals surface area contributed by atoms with Crippen LogP contribution in [0.25, 0.3) is 5.76 Å². The molecular formula is C25H24Cl2N2O6. The minimum atomic E-state index is -0.867. The quantitative estimate of drug-likeness (QED) is 0.368. The lowest BCUT2D eigenvalue weighted by molar-refractivity contribution is -0.140. The van der Waals surface area contributed by atoms with E-state index in [0.29, 0.717) is 65.6 Å². The second kappa shape index (κ2) is 10.1. The Balaban J connectivity index is 1.56. The highest BCUT2D eigenvalue weighted by atomic mass is 35.5. The van der Waals surface area contributed by atoms with E-state index in [1.807, 2.05) is 0 Å². The summed E-state index contributed by atoms with van der Waals surface area (Å²) >= 11 is 12.6. The molecule has 8 nitrogen and oxygen atoms in total. The zero-order valence-electron chi connectivity index (χ0n) is 18.8. The van der Waals surface area contributed by atoms with Gasteiger partial charge in [0, 0.05) is 41.8 Å². The van der Waals surface area contributed by atoms with Gasteiger partial charge in [0.1, 0.15) is 19.0 Å². The molecular weight excluding hydrogens is 495 g/mol. The molecule has 0 spiro atoms. The van der Waals surface area contributed by atoms with Gasteiger partial charge in [-0.3, -0.25) is 14.5 Å². The van der Waals surface area contributed by atoms with Gasteiger partial charge < -0.3 is 24.2 Å². The van der Waals surface area contributed by atoms with E-state index < -0.39 is 17.7 Å². The van der Waals surface area contributed by atoms with Crippen molar-refractivity contribution in [2.45, 2.75) is 6.04 Å². The zero-order chi connectivity index (χ0) is 24.5. The van der Waals surface area contributed by atoms with E-state index in [1.165, 1.54) is 4.90 Å². The van der Waals surface area contributed by atoms with Crippen LogP contribution in [0.15, 0.2) is 42.0 Å². The summed E-state index contributed by atoms with van der Waals surface area (Å²) in [5.41, 5.74) is 0.824. The summed E-state index contributed by atoms with van der Waals surface area (Å²) in [7, 11) is 0. The molecule has 35 heavy (non-hydrogen) atoms. The number of aliphatic hydroxyl groups is 1. The molecule has 3 aliphatic rings. The largest absolute Gasteiger partial charge is 0.507 e. The first-order valence-electron chi connectivity index (χ1n) is 11.4. The second-order valence-corrected chi connectivity index (χ2v) is 9.31. The number of Topliss-reactive ketones (excluding diaryl/α,β-unsaturated/α-hetero) is 1. The molecule has 0 saturated carbocycles. The Labute approximate surface area is 212 Å². The number of rotatable bonds is 5. The van der Waals surface area contributed by atoms with Crippen LogP contribution in [0.5, 0.6) is 11.5 Å². The number of fused-ring (bicyclic) bond motifs is 1. The van der Waals surface area contributed by atoms with Crippen molar-refractivity contribution in [1.82, 2.24) is 9.80 Å². The molecule has 2 aromatic rings. The second-order valence-electron chi connectivity index (χ2n) is 8.47. The van der Waals surface area contributed by atoms with E-state index in [0.717, 1.165) is 13.1 Å². The zero-order valence-corrected chi connectivity index (χ0v) is 20.3. The minimum absolute atomic E-state index is 0.0297. The average molecular weight is 519 g/mol. The van der Waals surface area contributed by atoms with E-state index in [4.69, 9.17) is 37.4 Å². The highest BCUT2D eigenvalue weighted by molar-refractivity contribution is 6.47. The Morgan fingerprint density at radius 2 is 1.69 bits per heavy atom. The number of aliphatic hydroxyl groups excluding tert-OH is 1. The number of carbonyl (C=O) groups excluding carboxylic acids is 2. The molecule has 0 aromatic heterocycles. The van der Waals surface area contributed by atoms with Crippen LogP contribution in [0.1, 0.15) is 17.2 Å². The SMILES string of the molecule is O=C1C(=O)N(CCN2CCOCC2)C(c2ccc(Cl)cc2Cl)C1=C(O)c1ccc2c(c1)OCCO2. The molecule has 0 bridgehead atoms. The van der Waals surface area contributed by atoms with Gasteiger partial charge in [0.2, 0.25) is 0 Å². The Bertz CT molecular complexity index is 1190. The fourth-order valence-corrected chi connectivity index (χ4v) is 5.09. The number of hydrogen-bond acceptors (Lipinski definition) is 7. The number of nitrogens with zero attached hydrogens (tertiary/aromatic N) is 2. The lowest BCUT2D eigenvalue weighted by atomic mass is 9.95. The van der Waals surface area contributed by atoms with Crippen LogP contribution in [0.3, 0.4) is 0 Å². The van der Waals surface area contributed by atoms with Gasteiger partial charge in [0.15, 0.2) is 11.5 Å². The maximum absolute atomic E-state index is 13.3. The third kappa shape index (κ3) is 4.71. The van der Waals surface area contributed by atoms with Crippen LogP contribution < -0.4 is 9.47 Å². The highest BCUT2D eigenvalue weighted by Gasteiger charge is 2.46. The number of ether oxygens (including phenoxy) is 3. The third-order valence-corrected chi connectivity index (χ3v) is 6.94. The Kier molecular flexibility index (Phi) is 6.88. The van der Waals surface area contributed by atoms with Crippen LogP contribution >= 0.6 is 23.2 Å². The average Bonchev–Trinajstić information content (AvgIpc) is 3.12. The first kappa shape index (κ1) is 23.9. The summed E-state index contributed by atoms with van der Waals surface area (Å²) in [4.78, 5) is 30.1. The maximum atomic E-state index is 13.3. The van der Waals surface area contributed by atoms with E-state index in [-0.39, 0.29) is 17.9 Å². The first-order chi connectivity index (χ1) is 16.9. The topological polar surface area (TPSA) is 88.5 Å². The number of carbonyl (C=O) groups is 2. The van der Waals surface area contributed by atoms with Gasteiger partial charge >= 0.3 is 0 Å². The molecule has 2 aromatic carbocycles. The summed E-state index contributed by atoms with van der Waals surface area (Å²) < 4.78 is 16.6. The van der Waals surface area contributed by atoms with Gasteiger partial charge in [-0.05, 0) is 35.9 Å². The highest BCUT2D eigenvalue weighted by Crippen LogP contribution is 2.43. The van der Waals surface area contributed by atoms with Gasteiger partial charge in [-0.2, -0.15) is 0 Å². The van der Waals surface area contributed by atoms with Crippen LogP contribution in [0.2, 0.25) is 10.0 Å². The van der Waals surface area contributed by atoms with E-state index >= 15 is 0 Å². The Morgan fingerprint density at radius 1 is 0.943 bits per heavy atom. The number of halogens is 2. The first-order valence-corrected chi connectivity index (χ1v) is 12.1. The summed E-state index contributed by atoms with van der Waals surface area (Å²) in [5, 5.41) is 12.0. The molecule has 1 atom stereocenters. The molecule has 2 saturated heterocycles. The predicted molar refractivity (Wildman–Crippen MR) is 130 cm³/mol. The molecule has 10 heteroatoms. The number of likely N-dealkylation sites (tertiary alicyclic amines) is 1. The van der Waals surface area contributed by atoms with Crippen molar-refractivity contribution < 1.29 is 28.9 Å². The Hall–Kier alpha value is -2.78. The van der Waals surface area contributed by atoms with E-state index in [1.54, 1.807) is 36.4 Å². The van der Waals surface area contributed by atoms with Crippen molar-refractivity contribution in [1.29, 1.82) is 0 Å². The van der Waals surface area contributed by atoms with Crippen LogP contribution in [-0.4, -0.2) is 79.2 Å². The lowest BCUT2D eigenvalue weighted by Crippen LogP contribution is -2.42. The number of hydrogen-bond donors (Lipinski definition) is 1. The molecule has 3 heterocycles. The van der Waals surface area contributed by atoms with Crippen molar-refractivity contribution in [3.8, 4) is 11.5 Å². The fraction of sp³-hybridized carbons (Fsp3) is 0.360. The van der Waals surface area contributed by atoms with E-state index in [2.05, 4.69) is 4.90 Å². The molecule has 2 fully saturated rings. The number of amides is 1. The monoisotopic (exact) mass is 518 g/mol. The van der Waals surface area contributed by atoms with Crippen LogP contribution in [-0.2, 0) is 14.3 Å². The molecule has 1 N–H and O–H groups in total. The third-order valence-electron chi connectivity index (χ3n) is 6.37. The van der Waals surface area contributed by atoms with Gasteiger partial charge in [-0.15, -0.1) is 0 Å². The molecule has 1 unspecified atom stereocenters. The molecule has 0 radical (unpaired) electrons. The van der Waals surface area contributed by atoms with Crippen molar-refractivity contribution in [2.24, 2.45) is 0 Å². The standard InChI is InChI=1S/C25H24Cl2N2O6/c26-16-2-3-17(18(27)14-16)22-21(23(30)15-1-4-19-20(13-15)35-12-11-34-19)24(31)25(32)29(22)6-5-28-7-9-33-10-8-28/h1-4,13-14,22,30H,5-12H2. The van der Waals surface area contributed by atoms with Gasteiger partial charge in [0.05, 0.1) is 24.8 Å². The normalized spacial score (nSPS) is 22.0. The van der Waals surface area contributed by atoms with Crippen molar-refractivity contribution >= 4 is 40.7 Å².